The molecule has 0 spiro atoms. The molecule has 0 N–H and O–H groups in total. The maximum atomic E-state index is 11.4. The van der Waals surface area contributed by atoms with Crippen LogP contribution in [-0.4, -0.2) is 15.8 Å². The van der Waals surface area contributed by atoms with Crippen LogP contribution >= 0.6 is 11.6 Å². The number of fused-ring (bicyclic) bond motifs is 1. The van der Waals surface area contributed by atoms with Gasteiger partial charge in [-0.2, -0.15) is 0 Å². The zero-order chi connectivity index (χ0) is 11.0. The van der Waals surface area contributed by atoms with Gasteiger partial charge >= 0.3 is 0 Å². The minimum atomic E-state index is -0.0761. The zero-order valence-corrected chi connectivity index (χ0v) is 9.17. The molecule has 0 aliphatic rings. The molecule has 0 bridgehead atoms. The van der Waals surface area contributed by atoms with Crippen LogP contribution in [-0.2, 0) is 0 Å². The molecule has 0 saturated heterocycles. The molecular weight excluding hydrogens is 212 g/mol. The number of ketones is 1. The van der Waals surface area contributed by atoms with Crippen LogP contribution in [0.25, 0.3) is 10.9 Å². The van der Waals surface area contributed by atoms with E-state index in [4.69, 9.17) is 11.6 Å². The van der Waals surface area contributed by atoms with Crippen LogP contribution in [0.3, 0.4) is 0 Å². The lowest BCUT2D eigenvalue weighted by Crippen LogP contribution is -2.02. The third kappa shape index (κ3) is 1.83. The fourth-order valence-electron chi connectivity index (χ4n) is 1.49. The van der Waals surface area contributed by atoms with Crippen molar-refractivity contribution < 1.29 is 4.79 Å². The molecule has 0 saturated carbocycles. The maximum absolute atomic E-state index is 11.4. The van der Waals surface area contributed by atoms with E-state index in [0.29, 0.717) is 21.9 Å². The maximum Gasteiger partial charge on any atom is 0.178 e. The Labute approximate surface area is 92.1 Å². The Bertz CT molecular complexity index is 552. The van der Waals surface area contributed by atoms with Crippen molar-refractivity contribution in [2.45, 2.75) is 13.8 Å². The smallest absolute Gasteiger partial charge is 0.178 e. The fourth-order valence-corrected chi connectivity index (χ4v) is 1.66. The number of halogens is 1. The van der Waals surface area contributed by atoms with E-state index in [1.54, 1.807) is 25.1 Å². The quantitative estimate of drug-likeness (QED) is 0.694. The Morgan fingerprint density at radius 3 is 2.73 bits per heavy atom. The number of benzene rings is 1. The van der Waals surface area contributed by atoms with Crippen molar-refractivity contribution >= 4 is 28.3 Å². The van der Waals surface area contributed by atoms with Gasteiger partial charge in [0.05, 0.1) is 5.52 Å². The lowest BCUT2D eigenvalue weighted by molar-refractivity contribution is 0.101. The van der Waals surface area contributed by atoms with E-state index in [1.807, 2.05) is 0 Å². The molecule has 2 aromatic rings. The first-order chi connectivity index (χ1) is 7.08. The number of Topliss-reactive ketones (excluding diaryl/α,β-unsaturated/α-hetero) is 1. The summed E-state index contributed by atoms with van der Waals surface area (Å²) < 4.78 is 0. The highest BCUT2D eigenvalue weighted by molar-refractivity contribution is 6.31. The average Bonchev–Trinajstić information content (AvgIpc) is 2.17. The van der Waals surface area contributed by atoms with E-state index in [1.165, 1.54) is 6.92 Å². The van der Waals surface area contributed by atoms with Crippen LogP contribution in [0, 0.1) is 6.92 Å². The average molecular weight is 221 g/mol. The topological polar surface area (TPSA) is 42.9 Å². The number of rotatable bonds is 1. The zero-order valence-electron chi connectivity index (χ0n) is 8.41. The van der Waals surface area contributed by atoms with Crippen LogP contribution in [0.5, 0.6) is 0 Å². The normalized spacial score (nSPS) is 10.6. The van der Waals surface area contributed by atoms with Crippen molar-refractivity contribution in [2.75, 3.05) is 0 Å². The highest BCUT2D eigenvalue weighted by atomic mass is 35.5. The van der Waals surface area contributed by atoms with Crippen LogP contribution in [0.15, 0.2) is 18.2 Å². The molecule has 0 aliphatic heterocycles. The summed E-state index contributed by atoms with van der Waals surface area (Å²) in [5, 5.41) is 1.29. The van der Waals surface area contributed by atoms with Gasteiger partial charge in [-0.05, 0) is 25.1 Å². The van der Waals surface area contributed by atoms with Gasteiger partial charge in [-0.3, -0.25) is 4.79 Å². The lowest BCUT2D eigenvalue weighted by atomic mass is 10.1. The molecule has 0 atom stereocenters. The van der Waals surface area contributed by atoms with E-state index in [-0.39, 0.29) is 5.78 Å². The molecule has 0 radical (unpaired) electrons. The second-order valence-electron chi connectivity index (χ2n) is 3.34. The van der Waals surface area contributed by atoms with Gasteiger partial charge in [0, 0.05) is 17.3 Å². The van der Waals surface area contributed by atoms with Crippen molar-refractivity contribution in [3.8, 4) is 0 Å². The Morgan fingerprint density at radius 1 is 1.33 bits per heavy atom. The van der Waals surface area contributed by atoms with Gasteiger partial charge in [0.15, 0.2) is 5.78 Å². The largest absolute Gasteiger partial charge is 0.293 e. The highest BCUT2D eigenvalue weighted by Crippen LogP contribution is 2.20. The summed E-state index contributed by atoms with van der Waals surface area (Å²) in [6, 6.07) is 5.26. The van der Waals surface area contributed by atoms with Crippen LogP contribution in [0.4, 0.5) is 0 Å². The standard InChI is InChI=1S/C11H9ClN2O/c1-6(15)11-9-5-8(12)3-4-10(9)13-7(2)14-11/h3-5H,1-2H3. The number of nitrogens with zero attached hydrogens (tertiary/aromatic N) is 2. The SMILES string of the molecule is CC(=O)c1nc(C)nc2ccc(Cl)cc12. The van der Waals surface area contributed by atoms with Crippen molar-refractivity contribution in [1.82, 2.24) is 9.97 Å². The number of carbonyl (C=O) groups is 1. The molecule has 4 heteroatoms. The van der Waals surface area contributed by atoms with E-state index in [9.17, 15) is 4.79 Å². The van der Waals surface area contributed by atoms with Gasteiger partial charge in [-0.1, -0.05) is 11.6 Å². The third-order valence-electron chi connectivity index (χ3n) is 2.10. The first-order valence-electron chi connectivity index (χ1n) is 4.53. The molecule has 3 nitrogen and oxygen atoms in total. The van der Waals surface area contributed by atoms with E-state index in [2.05, 4.69) is 9.97 Å². The van der Waals surface area contributed by atoms with Gasteiger partial charge in [0.1, 0.15) is 11.5 Å². The summed E-state index contributed by atoms with van der Waals surface area (Å²) in [6.07, 6.45) is 0. The van der Waals surface area contributed by atoms with Crippen molar-refractivity contribution in [3.63, 3.8) is 0 Å². The van der Waals surface area contributed by atoms with Gasteiger partial charge in [-0.25, -0.2) is 9.97 Å². The van der Waals surface area contributed by atoms with Gasteiger partial charge in [0.25, 0.3) is 0 Å². The molecule has 1 heterocycles. The first-order valence-corrected chi connectivity index (χ1v) is 4.90. The summed E-state index contributed by atoms with van der Waals surface area (Å²) in [5.74, 6) is 0.516. The summed E-state index contributed by atoms with van der Waals surface area (Å²) in [7, 11) is 0. The summed E-state index contributed by atoms with van der Waals surface area (Å²) in [6.45, 7) is 3.25. The van der Waals surface area contributed by atoms with Gasteiger partial charge in [0.2, 0.25) is 0 Å². The number of aryl methyl sites for hydroxylation is 1. The Balaban J connectivity index is 2.87. The monoisotopic (exact) mass is 220 g/mol. The molecule has 0 amide bonds. The molecule has 1 aromatic heterocycles. The van der Waals surface area contributed by atoms with Crippen LogP contribution in [0.1, 0.15) is 23.2 Å². The highest BCUT2D eigenvalue weighted by Gasteiger charge is 2.09. The molecule has 76 valence electrons. The Hall–Kier alpha value is -1.48. The molecular formula is C11H9ClN2O. The van der Waals surface area contributed by atoms with Gasteiger partial charge < -0.3 is 0 Å². The molecule has 0 fully saturated rings. The minimum Gasteiger partial charge on any atom is -0.293 e. The third-order valence-corrected chi connectivity index (χ3v) is 2.34. The summed E-state index contributed by atoms with van der Waals surface area (Å²) in [5.41, 5.74) is 1.18. The van der Waals surface area contributed by atoms with Crippen molar-refractivity contribution in [2.24, 2.45) is 0 Å². The predicted molar refractivity (Wildman–Crippen MR) is 59.3 cm³/mol. The molecule has 0 unspecified atom stereocenters. The summed E-state index contributed by atoms with van der Waals surface area (Å²) in [4.78, 5) is 19.8. The lowest BCUT2D eigenvalue weighted by Gasteiger charge is -2.03. The fraction of sp³-hybridized carbons (Fsp3) is 0.182. The molecule has 0 aliphatic carbocycles. The Kier molecular flexibility index (Phi) is 2.40. The first kappa shape index (κ1) is 10.1. The van der Waals surface area contributed by atoms with E-state index < -0.39 is 0 Å². The van der Waals surface area contributed by atoms with Crippen molar-refractivity contribution in [3.05, 3.63) is 34.7 Å². The molecule has 15 heavy (non-hydrogen) atoms. The van der Waals surface area contributed by atoms with Crippen LogP contribution in [0.2, 0.25) is 5.02 Å². The van der Waals surface area contributed by atoms with Crippen molar-refractivity contribution in [1.29, 1.82) is 0 Å². The second kappa shape index (κ2) is 3.59. The molecule has 2 rings (SSSR count). The van der Waals surface area contributed by atoms with Crippen LogP contribution < -0.4 is 0 Å². The summed E-state index contributed by atoms with van der Waals surface area (Å²) >= 11 is 5.87. The van der Waals surface area contributed by atoms with E-state index >= 15 is 0 Å². The number of hydrogen-bond donors (Lipinski definition) is 0. The number of carbonyl (C=O) groups excluding carboxylic acids is 1. The number of aromatic nitrogens is 2. The Morgan fingerprint density at radius 2 is 2.07 bits per heavy atom. The number of hydrogen-bond acceptors (Lipinski definition) is 3. The molecule has 1 aromatic carbocycles. The van der Waals surface area contributed by atoms with E-state index in [0.717, 1.165) is 5.52 Å². The minimum absolute atomic E-state index is 0.0761. The predicted octanol–water partition coefficient (Wildman–Crippen LogP) is 2.79. The van der Waals surface area contributed by atoms with Gasteiger partial charge in [-0.15, -0.1) is 0 Å². The second-order valence-corrected chi connectivity index (χ2v) is 3.77.